The number of benzene rings is 2. The minimum atomic E-state index is -4.36. The molecule has 0 saturated heterocycles. The second-order valence-electron chi connectivity index (χ2n) is 3.10. The Morgan fingerprint density at radius 3 is 2.47 bits per heavy atom. The lowest BCUT2D eigenvalue weighted by atomic mass is 10.1. The lowest BCUT2D eigenvalue weighted by molar-refractivity contribution is 0.482. The van der Waals surface area contributed by atoms with Gasteiger partial charge in [0.1, 0.15) is 5.82 Å². The van der Waals surface area contributed by atoms with Crippen LogP contribution in [-0.4, -0.2) is 13.0 Å². The van der Waals surface area contributed by atoms with E-state index in [9.17, 15) is 12.8 Å². The van der Waals surface area contributed by atoms with E-state index in [1.807, 2.05) is 0 Å². The van der Waals surface area contributed by atoms with Gasteiger partial charge in [-0.1, -0.05) is 24.3 Å². The Morgan fingerprint density at radius 2 is 1.80 bits per heavy atom. The predicted molar refractivity (Wildman–Crippen MR) is 53.7 cm³/mol. The highest BCUT2D eigenvalue weighted by molar-refractivity contribution is 7.85. The van der Waals surface area contributed by atoms with Gasteiger partial charge in [0, 0.05) is 5.39 Å². The lowest BCUT2D eigenvalue weighted by Crippen LogP contribution is -1.98. The minimum Gasteiger partial charge on any atom is -0.282 e. The SMILES string of the molecule is O=S(=O)(O)c1cc(F)c2ccccc2c1. The molecule has 0 bridgehead atoms. The summed E-state index contributed by atoms with van der Waals surface area (Å²) >= 11 is 0. The van der Waals surface area contributed by atoms with Crippen LogP contribution in [0.25, 0.3) is 10.8 Å². The summed E-state index contributed by atoms with van der Waals surface area (Å²) in [7, 11) is -4.36. The van der Waals surface area contributed by atoms with E-state index >= 15 is 0 Å². The van der Waals surface area contributed by atoms with Crippen LogP contribution in [0.2, 0.25) is 0 Å². The summed E-state index contributed by atoms with van der Waals surface area (Å²) in [6.07, 6.45) is 0. The van der Waals surface area contributed by atoms with Crippen LogP contribution in [0.3, 0.4) is 0 Å². The van der Waals surface area contributed by atoms with Gasteiger partial charge in [-0.2, -0.15) is 8.42 Å². The van der Waals surface area contributed by atoms with Crippen molar-refractivity contribution in [2.75, 3.05) is 0 Å². The van der Waals surface area contributed by atoms with E-state index in [1.165, 1.54) is 6.07 Å². The molecule has 2 rings (SSSR count). The van der Waals surface area contributed by atoms with Crippen LogP contribution in [0.5, 0.6) is 0 Å². The first-order valence-electron chi connectivity index (χ1n) is 4.14. The van der Waals surface area contributed by atoms with Crippen molar-refractivity contribution in [1.29, 1.82) is 0 Å². The zero-order chi connectivity index (χ0) is 11.1. The molecule has 0 aromatic heterocycles. The molecular weight excluding hydrogens is 219 g/mol. The lowest BCUT2D eigenvalue weighted by Gasteiger charge is -2.02. The molecule has 2 aromatic rings. The van der Waals surface area contributed by atoms with Gasteiger partial charge in [0.25, 0.3) is 10.1 Å². The highest BCUT2D eigenvalue weighted by atomic mass is 32.2. The summed E-state index contributed by atoms with van der Waals surface area (Å²) < 4.78 is 43.8. The first kappa shape index (κ1) is 10.1. The number of hydrogen-bond donors (Lipinski definition) is 1. The van der Waals surface area contributed by atoms with E-state index < -0.39 is 20.8 Å². The van der Waals surface area contributed by atoms with Gasteiger partial charge in [-0.05, 0) is 17.5 Å². The van der Waals surface area contributed by atoms with Gasteiger partial charge in [-0.3, -0.25) is 4.55 Å². The molecule has 0 heterocycles. The van der Waals surface area contributed by atoms with Gasteiger partial charge < -0.3 is 0 Å². The van der Waals surface area contributed by atoms with Crippen LogP contribution < -0.4 is 0 Å². The molecule has 5 heteroatoms. The topological polar surface area (TPSA) is 54.4 Å². The molecular formula is C10H7FO3S. The normalized spacial score (nSPS) is 11.9. The minimum absolute atomic E-state index is 0.324. The first-order chi connectivity index (χ1) is 6.98. The molecule has 0 aliphatic carbocycles. The number of fused-ring (bicyclic) bond motifs is 1. The van der Waals surface area contributed by atoms with Crippen molar-refractivity contribution < 1.29 is 17.4 Å². The van der Waals surface area contributed by atoms with Crippen molar-refractivity contribution >= 4 is 20.9 Å². The number of hydrogen-bond acceptors (Lipinski definition) is 2. The Bertz CT molecular complexity index is 620. The highest BCUT2D eigenvalue weighted by Crippen LogP contribution is 2.22. The smallest absolute Gasteiger partial charge is 0.282 e. The number of rotatable bonds is 1. The molecule has 0 amide bonds. The highest BCUT2D eigenvalue weighted by Gasteiger charge is 2.12. The molecule has 3 nitrogen and oxygen atoms in total. The van der Waals surface area contributed by atoms with Gasteiger partial charge in [-0.25, -0.2) is 4.39 Å². The average Bonchev–Trinajstić information content (AvgIpc) is 2.16. The summed E-state index contributed by atoms with van der Waals surface area (Å²) in [5.74, 6) is -0.666. The van der Waals surface area contributed by atoms with Crippen LogP contribution in [0.1, 0.15) is 0 Å². The van der Waals surface area contributed by atoms with Crippen LogP contribution in [0.4, 0.5) is 4.39 Å². The van der Waals surface area contributed by atoms with Gasteiger partial charge >= 0.3 is 0 Å². The Kier molecular flexibility index (Phi) is 2.21. The molecule has 0 aliphatic heterocycles. The molecule has 0 aliphatic rings. The maximum Gasteiger partial charge on any atom is 0.294 e. The molecule has 0 unspecified atom stereocenters. The summed E-state index contributed by atoms with van der Waals surface area (Å²) in [5.41, 5.74) is 0. The second-order valence-corrected chi connectivity index (χ2v) is 4.52. The standard InChI is InChI=1S/C10H7FO3S/c11-10-6-8(15(12,13)14)5-7-3-1-2-4-9(7)10/h1-6H,(H,12,13,14). The third kappa shape index (κ3) is 1.84. The quantitative estimate of drug-likeness (QED) is 0.758. The van der Waals surface area contributed by atoms with E-state index in [4.69, 9.17) is 4.55 Å². The first-order valence-corrected chi connectivity index (χ1v) is 5.58. The third-order valence-electron chi connectivity index (χ3n) is 2.08. The van der Waals surface area contributed by atoms with Crippen molar-refractivity contribution in [2.24, 2.45) is 0 Å². The molecule has 78 valence electrons. The third-order valence-corrected chi connectivity index (χ3v) is 2.91. The van der Waals surface area contributed by atoms with E-state index in [2.05, 4.69) is 0 Å². The summed E-state index contributed by atoms with van der Waals surface area (Å²) in [6, 6.07) is 8.46. The molecule has 0 fully saturated rings. The Labute approximate surface area is 85.9 Å². The van der Waals surface area contributed by atoms with E-state index in [0.29, 0.717) is 10.8 Å². The predicted octanol–water partition coefficient (Wildman–Crippen LogP) is 2.23. The second kappa shape index (κ2) is 3.29. The van der Waals surface area contributed by atoms with Crippen LogP contribution in [0, 0.1) is 5.82 Å². The maximum absolute atomic E-state index is 13.4. The Balaban J connectivity index is 2.85. The van der Waals surface area contributed by atoms with Crippen LogP contribution >= 0.6 is 0 Å². The van der Waals surface area contributed by atoms with E-state index in [-0.39, 0.29) is 0 Å². The monoisotopic (exact) mass is 226 g/mol. The summed E-state index contributed by atoms with van der Waals surface area (Å²) in [4.78, 5) is -0.432. The van der Waals surface area contributed by atoms with E-state index in [0.717, 1.165) is 6.07 Å². The van der Waals surface area contributed by atoms with Gasteiger partial charge in [0.05, 0.1) is 4.90 Å². The Morgan fingerprint density at radius 1 is 1.13 bits per heavy atom. The summed E-state index contributed by atoms with van der Waals surface area (Å²) in [6.45, 7) is 0. The fraction of sp³-hybridized carbons (Fsp3) is 0. The molecule has 0 saturated carbocycles. The van der Waals surface area contributed by atoms with Crippen molar-refractivity contribution in [3.8, 4) is 0 Å². The molecule has 2 aromatic carbocycles. The zero-order valence-corrected chi connectivity index (χ0v) is 8.33. The molecule has 15 heavy (non-hydrogen) atoms. The van der Waals surface area contributed by atoms with Crippen molar-refractivity contribution in [2.45, 2.75) is 4.90 Å². The van der Waals surface area contributed by atoms with Crippen LogP contribution in [-0.2, 0) is 10.1 Å². The van der Waals surface area contributed by atoms with Gasteiger partial charge in [-0.15, -0.1) is 0 Å². The zero-order valence-electron chi connectivity index (χ0n) is 7.51. The molecule has 1 N–H and O–H groups in total. The molecule has 0 spiro atoms. The maximum atomic E-state index is 13.4. The molecule has 0 atom stereocenters. The fourth-order valence-electron chi connectivity index (χ4n) is 1.39. The summed E-state index contributed by atoms with van der Waals surface area (Å²) in [5, 5.41) is 0.759. The van der Waals surface area contributed by atoms with Crippen molar-refractivity contribution in [3.63, 3.8) is 0 Å². The van der Waals surface area contributed by atoms with Gasteiger partial charge in [0.2, 0.25) is 0 Å². The largest absolute Gasteiger partial charge is 0.294 e. The van der Waals surface area contributed by atoms with Crippen molar-refractivity contribution in [1.82, 2.24) is 0 Å². The van der Waals surface area contributed by atoms with Crippen LogP contribution in [0.15, 0.2) is 41.3 Å². The van der Waals surface area contributed by atoms with Gasteiger partial charge in [0.15, 0.2) is 0 Å². The Hall–Kier alpha value is -1.46. The van der Waals surface area contributed by atoms with Crippen molar-refractivity contribution in [3.05, 3.63) is 42.2 Å². The number of halogens is 1. The van der Waals surface area contributed by atoms with E-state index in [1.54, 1.807) is 24.3 Å². The molecule has 0 radical (unpaired) electrons. The fourth-order valence-corrected chi connectivity index (χ4v) is 1.92. The average molecular weight is 226 g/mol.